The van der Waals surface area contributed by atoms with Gasteiger partial charge in [-0.05, 0) is 48.2 Å². The summed E-state index contributed by atoms with van der Waals surface area (Å²) in [5.74, 6) is 0.320. The summed E-state index contributed by atoms with van der Waals surface area (Å²) in [6, 6.07) is 14.1. The molecule has 1 aliphatic carbocycles. The minimum absolute atomic E-state index is 0.121. The van der Waals surface area contributed by atoms with Gasteiger partial charge in [0.1, 0.15) is 17.7 Å². The van der Waals surface area contributed by atoms with Gasteiger partial charge >= 0.3 is 12.0 Å². The number of aromatic carboxylic acids is 1. The molecule has 3 N–H and O–H groups in total. The standard InChI is InChI=1S/C32H38N6O5/c1-31(2,3)26-16-19(15-24(34-26)28(39)40)33-30(41)35-23-12-13-25(22-10-8-7-9-21(22)23)43-20-11-14-27-36-37-29(38(27)17-20)32(4,5)18-42-6/h7-11,14-17,23,25H,12-13,18H2,1-6H3,(H,39,40)(H2,33,34,35,41)/t23-,25+/m0/s1. The number of carboxylic acids is 1. The molecule has 1 aliphatic rings. The fourth-order valence-electron chi connectivity index (χ4n) is 5.44. The summed E-state index contributed by atoms with van der Waals surface area (Å²) in [5.41, 5.74) is 2.78. The molecule has 11 heteroatoms. The van der Waals surface area contributed by atoms with E-state index in [1.165, 1.54) is 6.07 Å². The highest BCUT2D eigenvalue weighted by molar-refractivity contribution is 5.92. The lowest BCUT2D eigenvalue weighted by Gasteiger charge is -2.32. The maximum absolute atomic E-state index is 13.1. The minimum atomic E-state index is -1.15. The summed E-state index contributed by atoms with van der Waals surface area (Å²) < 4.78 is 13.9. The molecule has 2 amide bonds. The number of rotatable bonds is 8. The number of carbonyl (C=O) groups is 2. The molecule has 0 saturated carbocycles. The van der Waals surface area contributed by atoms with E-state index in [-0.39, 0.29) is 23.3 Å². The molecule has 3 heterocycles. The van der Waals surface area contributed by atoms with Crippen molar-refractivity contribution in [1.82, 2.24) is 24.9 Å². The van der Waals surface area contributed by atoms with E-state index >= 15 is 0 Å². The number of pyridine rings is 2. The quantitative estimate of drug-likeness (QED) is 0.235. The molecule has 43 heavy (non-hydrogen) atoms. The van der Waals surface area contributed by atoms with Gasteiger partial charge in [0.15, 0.2) is 11.3 Å². The van der Waals surface area contributed by atoms with Crippen molar-refractivity contribution < 1.29 is 24.2 Å². The number of nitrogens with one attached hydrogen (secondary N) is 2. The van der Waals surface area contributed by atoms with E-state index in [9.17, 15) is 14.7 Å². The van der Waals surface area contributed by atoms with Gasteiger partial charge in [-0.25, -0.2) is 14.6 Å². The summed E-state index contributed by atoms with van der Waals surface area (Å²) in [7, 11) is 1.67. The first kappa shape index (κ1) is 30.0. The van der Waals surface area contributed by atoms with Crippen LogP contribution in [-0.4, -0.2) is 50.4 Å². The van der Waals surface area contributed by atoms with Gasteiger partial charge in [-0.2, -0.15) is 0 Å². The van der Waals surface area contributed by atoms with E-state index in [0.29, 0.717) is 36.6 Å². The van der Waals surface area contributed by atoms with Crippen LogP contribution in [0.5, 0.6) is 5.75 Å². The average Bonchev–Trinajstić information content (AvgIpc) is 3.38. The summed E-state index contributed by atoms with van der Waals surface area (Å²) in [4.78, 5) is 29.0. The second-order valence-electron chi connectivity index (χ2n) is 12.6. The monoisotopic (exact) mass is 586 g/mol. The number of benzene rings is 1. The van der Waals surface area contributed by atoms with Crippen molar-refractivity contribution in [2.24, 2.45) is 0 Å². The lowest BCUT2D eigenvalue weighted by molar-refractivity contribution is 0.0690. The Morgan fingerprint density at radius 2 is 1.77 bits per heavy atom. The van der Waals surface area contributed by atoms with Crippen LogP contribution in [0.25, 0.3) is 5.65 Å². The zero-order chi connectivity index (χ0) is 30.9. The second kappa shape index (κ2) is 11.6. The molecule has 0 aliphatic heterocycles. The number of carboxylic acid groups (broad SMARTS) is 1. The Bertz CT molecular complexity index is 1660. The van der Waals surface area contributed by atoms with Crippen LogP contribution < -0.4 is 15.4 Å². The van der Waals surface area contributed by atoms with Crippen LogP contribution in [0.1, 0.15) is 92.7 Å². The zero-order valence-electron chi connectivity index (χ0n) is 25.3. The number of aromatic nitrogens is 4. The minimum Gasteiger partial charge on any atom is -0.484 e. The number of amides is 2. The Hall–Kier alpha value is -4.51. The molecule has 0 saturated heterocycles. The molecule has 2 atom stereocenters. The fraction of sp³-hybridized carbons (Fsp3) is 0.406. The van der Waals surface area contributed by atoms with Crippen LogP contribution in [0.4, 0.5) is 10.5 Å². The Morgan fingerprint density at radius 1 is 1.02 bits per heavy atom. The predicted octanol–water partition coefficient (Wildman–Crippen LogP) is 5.82. The smallest absolute Gasteiger partial charge is 0.354 e. The molecule has 0 spiro atoms. The molecule has 0 radical (unpaired) electrons. The number of hydrogen-bond donors (Lipinski definition) is 3. The van der Waals surface area contributed by atoms with E-state index in [1.54, 1.807) is 13.2 Å². The van der Waals surface area contributed by atoms with Crippen LogP contribution in [0.2, 0.25) is 0 Å². The average molecular weight is 587 g/mol. The first-order chi connectivity index (χ1) is 20.4. The predicted molar refractivity (Wildman–Crippen MR) is 162 cm³/mol. The molecule has 11 nitrogen and oxygen atoms in total. The maximum Gasteiger partial charge on any atom is 0.354 e. The van der Waals surface area contributed by atoms with Gasteiger partial charge in [0.2, 0.25) is 0 Å². The van der Waals surface area contributed by atoms with Crippen molar-refractivity contribution in [3.63, 3.8) is 0 Å². The lowest BCUT2D eigenvalue weighted by atomic mass is 9.85. The summed E-state index contributed by atoms with van der Waals surface area (Å²) in [5, 5.41) is 24.1. The fourth-order valence-corrected chi connectivity index (χ4v) is 5.44. The highest BCUT2D eigenvalue weighted by Crippen LogP contribution is 2.39. The van der Waals surface area contributed by atoms with Crippen molar-refractivity contribution in [2.75, 3.05) is 19.0 Å². The number of urea groups is 1. The van der Waals surface area contributed by atoms with Gasteiger partial charge in [-0.15, -0.1) is 10.2 Å². The van der Waals surface area contributed by atoms with Crippen molar-refractivity contribution >= 4 is 23.3 Å². The molecule has 0 fully saturated rings. The zero-order valence-corrected chi connectivity index (χ0v) is 25.3. The first-order valence-corrected chi connectivity index (χ1v) is 14.3. The van der Waals surface area contributed by atoms with E-state index < -0.39 is 17.4 Å². The molecule has 0 unspecified atom stereocenters. The number of methoxy groups -OCH3 is 1. The third-order valence-corrected chi connectivity index (χ3v) is 7.58. The maximum atomic E-state index is 13.1. The van der Waals surface area contributed by atoms with Gasteiger partial charge in [-0.1, -0.05) is 58.9 Å². The van der Waals surface area contributed by atoms with E-state index in [1.807, 2.05) is 67.8 Å². The topological polar surface area (TPSA) is 140 Å². The van der Waals surface area contributed by atoms with E-state index in [4.69, 9.17) is 9.47 Å². The molecular formula is C32H38N6O5. The van der Waals surface area contributed by atoms with Crippen molar-refractivity contribution in [1.29, 1.82) is 0 Å². The highest BCUT2D eigenvalue weighted by atomic mass is 16.5. The number of hydrogen-bond acceptors (Lipinski definition) is 7. The van der Waals surface area contributed by atoms with Crippen molar-refractivity contribution in [3.8, 4) is 5.75 Å². The summed E-state index contributed by atoms with van der Waals surface area (Å²) in [6.07, 6.45) is 3.03. The van der Waals surface area contributed by atoms with Crippen molar-refractivity contribution in [2.45, 2.75) is 70.4 Å². The third kappa shape index (κ3) is 6.46. The van der Waals surface area contributed by atoms with Crippen LogP contribution >= 0.6 is 0 Å². The van der Waals surface area contributed by atoms with Crippen LogP contribution in [-0.2, 0) is 15.6 Å². The summed E-state index contributed by atoms with van der Waals surface area (Å²) in [6.45, 7) is 10.4. The Balaban J connectivity index is 1.34. The largest absolute Gasteiger partial charge is 0.484 e. The molecule has 0 bridgehead atoms. The molecule has 5 rings (SSSR count). The number of fused-ring (bicyclic) bond motifs is 2. The van der Waals surface area contributed by atoms with Gasteiger partial charge in [0, 0.05) is 29.3 Å². The summed E-state index contributed by atoms with van der Waals surface area (Å²) >= 11 is 0. The lowest BCUT2D eigenvalue weighted by Crippen LogP contribution is -2.35. The van der Waals surface area contributed by atoms with Crippen molar-refractivity contribution in [3.05, 3.63) is 83.1 Å². The number of ether oxygens (including phenoxy) is 2. The first-order valence-electron chi connectivity index (χ1n) is 14.3. The Morgan fingerprint density at radius 3 is 2.47 bits per heavy atom. The molecule has 3 aromatic heterocycles. The van der Waals surface area contributed by atoms with Gasteiger partial charge in [0.05, 0.1) is 18.8 Å². The SMILES string of the molecule is COCC(C)(C)c1nnc2ccc(O[C@@H]3CC[C@H](NC(=O)Nc4cc(C(=O)O)nc(C(C)(C)C)c4)c4ccccc43)cn12. The van der Waals surface area contributed by atoms with E-state index in [0.717, 1.165) is 22.6 Å². The van der Waals surface area contributed by atoms with Crippen LogP contribution in [0, 0.1) is 0 Å². The highest BCUT2D eigenvalue weighted by Gasteiger charge is 2.31. The third-order valence-electron chi connectivity index (χ3n) is 7.58. The molecule has 4 aromatic rings. The Labute approximate surface area is 250 Å². The van der Waals surface area contributed by atoms with E-state index in [2.05, 4.69) is 39.7 Å². The molecule has 1 aromatic carbocycles. The number of carbonyl (C=O) groups excluding carboxylic acids is 1. The molecular weight excluding hydrogens is 548 g/mol. The number of nitrogens with zero attached hydrogens (tertiary/aromatic N) is 4. The van der Waals surface area contributed by atoms with Crippen LogP contribution in [0.15, 0.2) is 54.7 Å². The van der Waals surface area contributed by atoms with Gasteiger partial charge in [0.25, 0.3) is 0 Å². The normalized spacial score (nSPS) is 16.9. The number of anilines is 1. The second-order valence-corrected chi connectivity index (χ2v) is 12.6. The van der Waals surface area contributed by atoms with Gasteiger partial charge < -0.3 is 25.2 Å². The Kier molecular flexibility index (Phi) is 8.11. The van der Waals surface area contributed by atoms with Crippen LogP contribution in [0.3, 0.4) is 0 Å². The molecule has 226 valence electrons. The van der Waals surface area contributed by atoms with Gasteiger partial charge in [-0.3, -0.25) is 4.40 Å².